The van der Waals surface area contributed by atoms with Gasteiger partial charge >= 0.3 is 0 Å². The highest BCUT2D eigenvalue weighted by Gasteiger charge is 2.16. The molecule has 24 heavy (non-hydrogen) atoms. The smallest absolute Gasteiger partial charge is 0.263 e. The van der Waals surface area contributed by atoms with Gasteiger partial charge in [-0.25, -0.2) is 9.37 Å². The summed E-state index contributed by atoms with van der Waals surface area (Å²) in [6.45, 7) is 7.35. The standard InChI is InChI=1S/C17H21FN4OS/c1-12-15(16(23)20-8-11-22-9-6-19-7-10-22)24-17(21-12)13-2-4-14(18)5-3-13/h2-5,19H,6-11H2,1H3,(H,20,23). The lowest BCUT2D eigenvalue weighted by atomic mass is 10.2. The molecule has 0 bridgehead atoms. The first-order valence-corrected chi connectivity index (χ1v) is 8.90. The van der Waals surface area contributed by atoms with Crippen LogP contribution in [0.4, 0.5) is 4.39 Å². The van der Waals surface area contributed by atoms with Gasteiger partial charge < -0.3 is 10.6 Å². The number of carbonyl (C=O) groups is 1. The topological polar surface area (TPSA) is 57.3 Å². The van der Waals surface area contributed by atoms with Gasteiger partial charge in [-0.2, -0.15) is 0 Å². The third-order valence-electron chi connectivity index (χ3n) is 4.02. The van der Waals surface area contributed by atoms with E-state index >= 15 is 0 Å². The molecular weight excluding hydrogens is 327 g/mol. The molecule has 0 atom stereocenters. The molecule has 128 valence electrons. The number of benzene rings is 1. The summed E-state index contributed by atoms with van der Waals surface area (Å²) >= 11 is 1.34. The monoisotopic (exact) mass is 348 g/mol. The second-order valence-corrected chi connectivity index (χ2v) is 6.79. The second kappa shape index (κ2) is 7.83. The number of hydrogen-bond acceptors (Lipinski definition) is 5. The molecule has 1 aromatic heterocycles. The van der Waals surface area contributed by atoms with E-state index in [1.165, 1.54) is 23.5 Å². The van der Waals surface area contributed by atoms with Crippen molar-refractivity contribution in [2.24, 2.45) is 0 Å². The van der Waals surface area contributed by atoms with Gasteiger partial charge in [-0.05, 0) is 31.2 Å². The molecule has 3 rings (SSSR count). The Morgan fingerprint density at radius 2 is 2.04 bits per heavy atom. The minimum absolute atomic E-state index is 0.0894. The van der Waals surface area contributed by atoms with E-state index in [1.807, 2.05) is 6.92 Å². The summed E-state index contributed by atoms with van der Waals surface area (Å²) in [5.74, 6) is -0.369. The van der Waals surface area contributed by atoms with E-state index in [1.54, 1.807) is 12.1 Å². The van der Waals surface area contributed by atoms with Crippen molar-refractivity contribution in [2.45, 2.75) is 6.92 Å². The third kappa shape index (κ3) is 4.17. The van der Waals surface area contributed by atoms with Crippen LogP contribution in [0, 0.1) is 12.7 Å². The molecule has 5 nitrogen and oxygen atoms in total. The number of aryl methyl sites for hydroxylation is 1. The van der Waals surface area contributed by atoms with E-state index in [-0.39, 0.29) is 11.7 Å². The molecule has 0 aliphatic carbocycles. The number of nitrogens with one attached hydrogen (secondary N) is 2. The zero-order valence-electron chi connectivity index (χ0n) is 13.6. The molecule has 1 aromatic carbocycles. The van der Waals surface area contributed by atoms with E-state index in [0.717, 1.165) is 43.3 Å². The fraction of sp³-hybridized carbons (Fsp3) is 0.412. The zero-order valence-corrected chi connectivity index (χ0v) is 14.5. The Labute approximate surface area is 144 Å². The normalized spacial score (nSPS) is 15.4. The van der Waals surface area contributed by atoms with Crippen LogP contribution in [0.1, 0.15) is 15.4 Å². The summed E-state index contributed by atoms with van der Waals surface area (Å²) < 4.78 is 13.0. The molecule has 0 unspecified atom stereocenters. The quantitative estimate of drug-likeness (QED) is 0.866. The Balaban J connectivity index is 1.59. The van der Waals surface area contributed by atoms with E-state index in [4.69, 9.17) is 0 Å². The van der Waals surface area contributed by atoms with Gasteiger partial charge in [0, 0.05) is 44.8 Å². The maximum atomic E-state index is 13.0. The highest BCUT2D eigenvalue weighted by Crippen LogP contribution is 2.27. The largest absolute Gasteiger partial charge is 0.350 e. The van der Waals surface area contributed by atoms with Gasteiger partial charge in [0.15, 0.2) is 0 Å². The maximum absolute atomic E-state index is 13.0. The molecule has 1 fully saturated rings. The lowest BCUT2D eigenvalue weighted by Crippen LogP contribution is -2.46. The third-order valence-corrected chi connectivity index (χ3v) is 5.22. The van der Waals surface area contributed by atoms with Gasteiger partial charge in [-0.1, -0.05) is 0 Å². The number of nitrogens with zero attached hydrogens (tertiary/aromatic N) is 2. The van der Waals surface area contributed by atoms with E-state index < -0.39 is 0 Å². The molecule has 2 N–H and O–H groups in total. The van der Waals surface area contributed by atoms with Gasteiger partial charge in [0.2, 0.25) is 0 Å². The van der Waals surface area contributed by atoms with Crippen LogP contribution >= 0.6 is 11.3 Å². The number of piperazine rings is 1. The van der Waals surface area contributed by atoms with Crippen molar-refractivity contribution in [3.8, 4) is 10.6 Å². The molecule has 0 spiro atoms. The van der Waals surface area contributed by atoms with Crippen molar-refractivity contribution in [3.63, 3.8) is 0 Å². The average molecular weight is 348 g/mol. The first-order chi connectivity index (χ1) is 11.6. The zero-order chi connectivity index (χ0) is 16.9. The molecule has 1 aliphatic rings. The molecule has 1 aliphatic heterocycles. The fourth-order valence-corrected chi connectivity index (χ4v) is 3.65. The van der Waals surface area contributed by atoms with Crippen LogP contribution in [-0.4, -0.2) is 55.1 Å². The molecular formula is C17H21FN4OS. The van der Waals surface area contributed by atoms with Crippen molar-refractivity contribution in [1.29, 1.82) is 0 Å². The second-order valence-electron chi connectivity index (χ2n) is 5.79. The average Bonchev–Trinajstić information content (AvgIpc) is 2.98. The number of hydrogen-bond donors (Lipinski definition) is 2. The van der Waals surface area contributed by atoms with Crippen molar-refractivity contribution in [3.05, 3.63) is 40.7 Å². The van der Waals surface area contributed by atoms with Crippen LogP contribution in [0.2, 0.25) is 0 Å². The lowest BCUT2D eigenvalue weighted by Gasteiger charge is -2.27. The Morgan fingerprint density at radius 1 is 1.33 bits per heavy atom. The fourth-order valence-electron chi connectivity index (χ4n) is 2.67. The van der Waals surface area contributed by atoms with E-state index in [2.05, 4.69) is 20.5 Å². The number of amides is 1. The summed E-state index contributed by atoms with van der Waals surface area (Å²) in [4.78, 5) is 19.8. The van der Waals surface area contributed by atoms with Gasteiger partial charge in [-0.15, -0.1) is 11.3 Å². The van der Waals surface area contributed by atoms with E-state index in [9.17, 15) is 9.18 Å². The summed E-state index contributed by atoms with van der Waals surface area (Å²) in [5, 5.41) is 7.02. The Morgan fingerprint density at radius 3 is 2.75 bits per heavy atom. The molecule has 0 saturated carbocycles. The molecule has 7 heteroatoms. The maximum Gasteiger partial charge on any atom is 0.263 e. The molecule has 2 heterocycles. The lowest BCUT2D eigenvalue weighted by molar-refractivity contribution is 0.0950. The Hall–Kier alpha value is -1.83. The predicted molar refractivity (Wildman–Crippen MR) is 93.9 cm³/mol. The molecule has 1 saturated heterocycles. The minimum Gasteiger partial charge on any atom is -0.350 e. The molecule has 2 aromatic rings. The van der Waals surface area contributed by atoms with Crippen LogP contribution in [-0.2, 0) is 0 Å². The summed E-state index contributed by atoms with van der Waals surface area (Å²) in [6, 6.07) is 6.16. The van der Waals surface area contributed by atoms with Gasteiger partial charge in [0.25, 0.3) is 5.91 Å². The summed E-state index contributed by atoms with van der Waals surface area (Å²) in [7, 11) is 0. The van der Waals surface area contributed by atoms with Crippen LogP contribution in [0.3, 0.4) is 0 Å². The van der Waals surface area contributed by atoms with Crippen molar-refractivity contribution in [2.75, 3.05) is 39.3 Å². The molecule has 0 radical (unpaired) electrons. The van der Waals surface area contributed by atoms with Crippen LogP contribution in [0.5, 0.6) is 0 Å². The van der Waals surface area contributed by atoms with Crippen molar-refractivity contribution in [1.82, 2.24) is 20.5 Å². The number of aromatic nitrogens is 1. The van der Waals surface area contributed by atoms with Crippen molar-refractivity contribution >= 4 is 17.2 Å². The van der Waals surface area contributed by atoms with Crippen LogP contribution < -0.4 is 10.6 Å². The van der Waals surface area contributed by atoms with Gasteiger partial charge in [0.05, 0.1) is 5.69 Å². The van der Waals surface area contributed by atoms with Crippen LogP contribution in [0.25, 0.3) is 10.6 Å². The van der Waals surface area contributed by atoms with Gasteiger partial charge in [-0.3, -0.25) is 9.69 Å². The minimum atomic E-state index is -0.280. The summed E-state index contributed by atoms with van der Waals surface area (Å²) in [5.41, 5.74) is 1.53. The number of thiazole rings is 1. The Kier molecular flexibility index (Phi) is 5.55. The first-order valence-electron chi connectivity index (χ1n) is 8.08. The first kappa shape index (κ1) is 17.0. The predicted octanol–water partition coefficient (Wildman–Crippen LogP) is 1.89. The number of carbonyl (C=O) groups excluding carboxylic acids is 1. The highest BCUT2D eigenvalue weighted by molar-refractivity contribution is 7.17. The Bertz CT molecular complexity index is 695. The summed E-state index contributed by atoms with van der Waals surface area (Å²) in [6.07, 6.45) is 0. The number of halogens is 1. The highest BCUT2D eigenvalue weighted by atomic mass is 32.1. The molecule has 1 amide bonds. The van der Waals surface area contributed by atoms with Gasteiger partial charge in [0.1, 0.15) is 15.7 Å². The van der Waals surface area contributed by atoms with Crippen molar-refractivity contribution < 1.29 is 9.18 Å². The van der Waals surface area contributed by atoms with E-state index in [0.29, 0.717) is 17.1 Å². The van der Waals surface area contributed by atoms with Crippen LogP contribution in [0.15, 0.2) is 24.3 Å². The SMILES string of the molecule is Cc1nc(-c2ccc(F)cc2)sc1C(=O)NCCN1CCNCC1. The number of rotatable bonds is 5.